The fraction of sp³-hybridized carbons (Fsp3) is 0.560. The smallest absolute Gasteiger partial charge is 0.372 e. The van der Waals surface area contributed by atoms with E-state index in [1.165, 1.54) is 36.0 Å². The lowest BCUT2D eigenvalue weighted by atomic mass is 9.87. The Hall–Kier alpha value is -2.88. The second-order valence-corrected chi connectivity index (χ2v) is 9.90. The summed E-state index contributed by atoms with van der Waals surface area (Å²) in [6.07, 6.45) is 0.431. The van der Waals surface area contributed by atoms with Crippen LogP contribution in [0.2, 0.25) is 0 Å². The summed E-state index contributed by atoms with van der Waals surface area (Å²) in [5.41, 5.74) is 0.634. The third-order valence-electron chi connectivity index (χ3n) is 7.37. The molecule has 0 radical (unpaired) electrons. The van der Waals surface area contributed by atoms with Crippen LogP contribution in [0, 0.1) is 0 Å². The molecule has 0 aliphatic carbocycles. The third kappa shape index (κ3) is 5.52. The van der Waals surface area contributed by atoms with Gasteiger partial charge in [0.15, 0.2) is 5.78 Å². The van der Waals surface area contributed by atoms with Crippen molar-refractivity contribution in [2.24, 2.45) is 0 Å². The number of carbonyl (C=O) groups excluding carboxylic acids is 2. The Morgan fingerprint density at radius 2 is 1.74 bits per heavy atom. The van der Waals surface area contributed by atoms with Crippen molar-refractivity contribution >= 4 is 17.5 Å². The predicted molar refractivity (Wildman–Crippen MR) is 127 cm³/mol. The summed E-state index contributed by atoms with van der Waals surface area (Å²) in [6, 6.07) is 5.63. The molecule has 2 aromatic rings. The summed E-state index contributed by atoms with van der Waals surface area (Å²) < 4.78 is 42.0. The number of carbonyl (C=O) groups is 2. The first-order chi connectivity index (χ1) is 16.5. The van der Waals surface area contributed by atoms with E-state index < -0.39 is 11.7 Å². The molecule has 2 aliphatic heterocycles. The molecule has 2 fully saturated rings. The lowest BCUT2D eigenvalue weighted by Crippen LogP contribution is -2.53. The number of nitrogens with zero attached hydrogens (tertiary/aromatic N) is 5. The minimum Gasteiger partial charge on any atom is -0.372 e. The maximum Gasteiger partial charge on any atom is 0.416 e. The zero-order valence-corrected chi connectivity index (χ0v) is 20.4. The van der Waals surface area contributed by atoms with Crippen molar-refractivity contribution in [1.82, 2.24) is 19.6 Å². The average Bonchev–Trinajstić information content (AvgIpc) is 3.51. The number of alkyl halides is 3. The van der Waals surface area contributed by atoms with E-state index in [1.807, 2.05) is 18.0 Å². The molecule has 10 heteroatoms. The molecule has 4 rings (SSSR count). The van der Waals surface area contributed by atoms with E-state index in [0.717, 1.165) is 25.9 Å². The largest absolute Gasteiger partial charge is 0.416 e. The van der Waals surface area contributed by atoms with Crippen LogP contribution in [0.3, 0.4) is 0 Å². The van der Waals surface area contributed by atoms with Gasteiger partial charge in [0.1, 0.15) is 5.69 Å². The lowest BCUT2D eigenvalue weighted by Gasteiger charge is -2.45. The SMILES string of the molecule is CC(=O)c1ccn(C(=O)N2CCC(C)(N(C)Cc3cc(N4CCCC4)cc(C(F)(F)F)c3)CC2)n1. The molecule has 0 unspecified atom stereocenters. The highest BCUT2D eigenvalue weighted by atomic mass is 19.4. The summed E-state index contributed by atoms with van der Waals surface area (Å²) >= 11 is 0. The van der Waals surface area contributed by atoms with E-state index in [0.29, 0.717) is 43.7 Å². The Morgan fingerprint density at radius 3 is 2.31 bits per heavy atom. The van der Waals surface area contributed by atoms with Crippen LogP contribution in [0.4, 0.5) is 23.7 Å². The summed E-state index contributed by atoms with van der Waals surface area (Å²) in [5.74, 6) is -0.202. The van der Waals surface area contributed by atoms with Crippen molar-refractivity contribution in [2.75, 3.05) is 38.1 Å². The van der Waals surface area contributed by atoms with Gasteiger partial charge >= 0.3 is 12.2 Å². The number of aromatic nitrogens is 2. The number of hydrogen-bond donors (Lipinski definition) is 0. The maximum absolute atomic E-state index is 13.6. The number of benzene rings is 1. The Bertz CT molecular complexity index is 1080. The molecule has 2 aliphatic rings. The van der Waals surface area contributed by atoms with Crippen LogP contribution in [-0.4, -0.2) is 70.2 Å². The van der Waals surface area contributed by atoms with Crippen molar-refractivity contribution in [3.05, 3.63) is 47.3 Å². The van der Waals surface area contributed by atoms with E-state index in [4.69, 9.17) is 0 Å². The number of rotatable bonds is 5. The topological polar surface area (TPSA) is 61.7 Å². The van der Waals surface area contributed by atoms with Crippen LogP contribution < -0.4 is 4.90 Å². The summed E-state index contributed by atoms with van der Waals surface area (Å²) in [6.45, 7) is 6.43. The second-order valence-electron chi connectivity index (χ2n) is 9.90. The number of ketones is 1. The summed E-state index contributed by atoms with van der Waals surface area (Å²) in [4.78, 5) is 30.1. The lowest BCUT2D eigenvalue weighted by molar-refractivity contribution is -0.137. The van der Waals surface area contributed by atoms with Crippen LogP contribution in [0.1, 0.15) is 61.1 Å². The molecule has 2 saturated heterocycles. The van der Waals surface area contributed by atoms with Crippen LogP contribution in [0.15, 0.2) is 30.5 Å². The average molecular weight is 492 g/mol. The molecule has 1 amide bonds. The molecule has 0 N–H and O–H groups in total. The van der Waals surface area contributed by atoms with Gasteiger partial charge in [0.25, 0.3) is 0 Å². The first-order valence-corrected chi connectivity index (χ1v) is 12.0. The Morgan fingerprint density at radius 1 is 1.09 bits per heavy atom. The summed E-state index contributed by atoms with van der Waals surface area (Å²) in [7, 11) is 1.93. The van der Waals surface area contributed by atoms with Crippen LogP contribution in [0.25, 0.3) is 0 Å². The maximum atomic E-state index is 13.6. The van der Waals surface area contributed by atoms with Gasteiger partial charge in [-0.05, 0) is 69.5 Å². The van der Waals surface area contributed by atoms with Crippen LogP contribution in [-0.2, 0) is 12.7 Å². The van der Waals surface area contributed by atoms with Gasteiger partial charge in [-0.1, -0.05) is 0 Å². The van der Waals surface area contributed by atoms with Gasteiger partial charge in [-0.3, -0.25) is 9.69 Å². The number of halogens is 3. The first-order valence-electron chi connectivity index (χ1n) is 12.0. The molecule has 0 bridgehead atoms. The fourth-order valence-electron chi connectivity index (χ4n) is 4.88. The van der Waals surface area contributed by atoms with E-state index in [9.17, 15) is 22.8 Å². The highest BCUT2D eigenvalue weighted by Crippen LogP contribution is 2.35. The van der Waals surface area contributed by atoms with E-state index in [1.54, 1.807) is 4.90 Å². The second kappa shape index (κ2) is 9.64. The van der Waals surface area contributed by atoms with Crippen molar-refractivity contribution in [3.63, 3.8) is 0 Å². The molecule has 0 spiro atoms. The molecule has 7 nitrogen and oxygen atoms in total. The van der Waals surface area contributed by atoms with Crippen LogP contribution >= 0.6 is 0 Å². The van der Waals surface area contributed by atoms with Crippen molar-refractivity contribution in [1.29, 1.82) is 0 Å². The van der Waals surface area contributed by atoms with Gasteiger partial charge in [0, 0.05) is 57.1 Å². The zero-order valence-electron chi connectivity index (χ0n) is 20.4. The number of likely N-dealkylation sites (tertiary alicyclic amines) is 1. The predicted octanol–water partition coefficient (Wildman–Crippen LogP) is 4.66. The molecule has 35 heavy (non-hydrogen) atoms. The molecule has 0 atom stereocenters. The van der Waals surface area contributed by atoms with Crippen molar-refractivity contribution in [3.8, 4) is 0 Å². The Labute approximate surface area is 203 Å². The van der Waals surface area contributed by atoms with Gasteiger partial charge in [-0.15, -0.1) is 0 Å². The quantitative estimate of drug-likeness (QED) is 0.570. The summed E-state index contributed by atoms with van der Waals surface area (Å²) in [5, 5.41) is 4.05. The normalized spacial score (nSPS) is 18.4. The molecular weight excluding hydrogens is 459 g/mol. The molecule has 190 valence electrons. The van der Waals surface area contributed by atoms with E-state index >= 15 is 0 Å². The van der Waals surface area contributed by atoms with Gasteiger partial charge in [-0.25, -0.2) is 4.79 Å². The minimum absolute atomic E-state index is 0.202. The number of piperidine rings is 1. The van der Waals surface area contributed by atoms with Gasteiger partial charge < -0.3 is 9.80 Å². The Kier molecular flexibility index (Phi) is 6.95. The third-order valence-corrected chi connectivity index (χ3v) is 7.37. The minimum atomic E-state index is -4.40. The molecule has 0 saturated carbocycles. The number of hydrogen-bond acceptors (Lipinski definition) is 5. The van der Waals surface area contributed by atoms with Gasteiger partial charge in [0.05, 0.1) is 5.56 Å². The van der Waals surface area contributed by atoms with E-state index in [2.05, 4.69) is 16.9 Å². The van der Waals surface area contributed by atoms with Crippen molar-refractivity contribution in [2.45, 2.75) is 57.8 Å². The standard InChI is InChI=1S/C25H32F3N5O2/c1-18(34)22-6-11-33(29-22)23(35)32-12-7-24(2,8-13-32)30(3)17-19-14-20(25(26,27)28)16-21(15-19)31-9-4-5-10-31/h6,11,14-16H,4-5,7-10,12-13,17H2,1-3H3. The monoisotopic (exact) mass is 491 g/mol. The van der Waals surface area contributed by atoms with Crippen molar-refractivity contribution < 1.29 is 22.8 Å². The first kappa shape index (κ1) is 25.2. The van der Waals surface area contributed by atoms with E-state index in [-0.39, 0.29) is 23.0 Å². The number of anilines is 1. The molecule has 1 aromatic carbocycles. The molecular formula is C25H32F3N5O2. The zero-order chi connectivity index (χ0) is 25.4. The Balaban J connectivity index is 1.44. The molecule has 1 aromatic heterocycles. The molecule has 3 heterocycles. The fourth-order valence-corrected chi connectivity index (χ4v) is 4.88. The number of Topliss-reactive ketones (excluding diaryl/α,β-unsaturated/α-hetero) is 1. The van der Waals surface area contributed by atoms with Gasteiger partial charge in [0.2, 0.25) is 0 Å². The van der Waals surface area contributed by atoms with Gasteiger partial charge in [-0.2, -0.15) is 23.0 Å². The highest BCUT2D eigenvalue weighted by molar-refractivity contribution is 5.92. The number of amides is 1. The van der Waals surface area contributed by atoms with Crippen LogP contribution in [0.5, 0.6) is 0 Å². The highest BCUT2D eigenvalue weighted by Gasteiger charge is 2.37.